The summed E-state index contributed by atoms with van der Waals surface area (Å²) in [4.78, 5) is 74.9. The van der Waals surface area contributed by atoms with Gasteiger partial charge in [-0.15, -0.1) is 0 Å². The Morgan fingerprint density at radius 3 is 2.08 bits per heavy atom. The van der Waals surface area contributed by atoms with Crippen molar-refractivity contribution in [1.29, 1.82) is 0 Å². The molecule has 2 aromatic rings. The maximum Gasteiger partial charge on any atom is 0.325 e. The number of para-hydroxylation sites is 1. The zero-order valence-corrected chi connectivity index (χ0v) is 20.7. The zero-order valence-electron chi connectivity index (χ0n) is 20.7. The normalized spacial score (nSPS) is 14.1. The molecule has 14 nitrogen and oxygen atoms in total. The van der Waals surface area contributed by atoms with Crippen molar-refractivity contribution in [3.63, 3.8) is 0 Å². The molecule has 4 atom stereocenters. The van der Waals surface area contributed by atoms with Gasteiger partial charge >= 0.3 is 11.9 Å². The predicted molar refractivity (Wildman–Crippen MR) is 134 cm³/mol. The summed E-state index contributed by atoms with van der Waals surface area (Å²) in [7, 11) is 0. The summed E-state index contributed by atoms with van der Waals surface area (Å²) in [6.45, 7) is 1.21. The lowest BCUT2D eigenvalue weighted by molar-refractivity contribution is -0.142. The van der Waals surface area contributed by atoms with Gasteiger partial charge in [0.2, 0.25) is 23.6 Å². The molecule has 0 saturated heterocycles. The van der Waals surface area contributed by atoms with E-state index >= 15 is 0 Å². The lowest BCUT2D eigenvalue weighted by atomic mass is 10.0. The van der Waals surface area contributed by atoms with Crippen LogP contribution in [0.15, 0.2) is 30.5 Å². The van der Waals surface area contributed by atoms with Gasteiger partial charge in [0.05, 0.1) is 6.04 Å². The van der Waals surface area contributed by atoms with E-state index in [9.17, 15) is 28.8 Å². The van der Waals surface area contributed by atoms with Crippen LogP contribution in [0.1, 0.15) is 38.2 Å². The number of carbonyl (C=O) groups is 6. The summed E-state index contributed by atoms with van der Waals surface area (Å²) >= 11 is 0. The molecule has 0 radical (unpaired) electrons. The van der Waals surface area contributed by atoms with Crippen LogP contribution in [-0.2, 0) is 35.2 Å². The summed E-state index contributed by atoms with van der Waals surface area (Å²) in [5.74, 6) is -5.84. The number of hydrogen-bond donors (Lipinski definition) is 8. The molecule has 1 heterocycles. The van der Waals surface area contributed by atoms with Crippen LogP contribution in [0.5, 0.6) is 0 Å². The lowest BCUT2D eigenvalue weighted by Crippen LogP contribution is -2.57. The van der Waals surface area contributed by atoms with Gasteiger partial charge in [-0.1, -0.05) is 18.2 Å². The Kier molecular flexibility index (Phi) is 10.8. The number of benzene rings is 1. The smallest absolute Gasteiger partial charge is 0.325 e. The fraction of sp³-hybridized carbons (Fsp3) is 0.417. The fourth-order valence-corrected chi connectivity index (χ4v) is 3.65. The van der Waals surface area contributed by atoms with Crippen LogP contribution in [0.4, 0.5) is 0 Å². The molecule has 10 N–H and O–H groups in total. The minimum atomic E-state index is -1.38. The third-order valence-corrected chi connectivity index (χ3v) is 5.77. The Balaban J connectivity index is 2.14. The minimum absolute atomic E-state index is 0.125. The van der Waals surface area contributed by atoms with Crippen molar-refractivity contribution in [2.75, 3.05) is 0 Å². The second-order valence-corrected chi connectivity index (χ2v) is 8.80. The number of carbonyl (C=O) groups excluding carboxylic acids is 4. The number of aliphatic carboxylic acids is 2. The first-order valence-corrected chi connectivity index (χ1v) is 11.8. The molecule has 0 aliphatic heterocycles. The van der Waals surface area contributed by atoms with Crippen molar-refractivity contribution < 1.29 is 39.0 Å². The van der Waals surface area contributed by atoms with Crippen molar-refractivity contribution in [3.8, 4) is 0 Å². The average Bonchev–Trinajstić information content (AvgIpc) is 3.26. The number of H-pyrrole nitrogens is 1. The highest BCUT2D eigenvalue weighted by molar-refractivity contribution is 5.94. The molecule has 2 rings (SSSR count). The summed E-state index contributed by atoms with van der Waals surface area (Å²) in [6.07, 6.45) is 0.485. The Morgan fingerprint density at radius 1 is 0.895 bits per heavy atom. The van der Waals surface area contributed by atoms with Crippen LogP contribution in [0.25, 0.3) is 10.9 Å². The first-order chi connectivity index (χ1) is 17.9. The lowest BCUT2D eigenvalue weighted by Gasteiger charge is -2.24. The number of nitrogens with one attached hydrogen (secondary N) is 4. The molecule has 4 unspecified atom stereocenters. The van der Waals surface area contributed by atoms with Crippen LogP contribution < -0.4 is 27.4 Å². The summed E-state index contributed by atoms with van der Waals surface area (Å²) in [5.41, 5.74) is 12.8. The molecule has 0 aliphatic rings. The van der Waals surface area contributed by atoms with E-state index in [0.29, 0.717) is 0 Å². The van der Waals surface area contributed by atoms with Crippen LogP contribution in [0, 0.1) is 0 Å². The number of aromatic nitrogens is 1. The summed E-state index contributed by atoms with van der Waals surface area (Å²) in [6, 6.07) is 2.27. The first kappa shape index (κ1) is 29.8. The average molecular weight is 533 g/mol. The molecule has 0 saturated carbocycles. The number of aromatic amines is 1. The first-order valence-electron chi connectivity index (χ1n) is 11.8. The molecule has 4 amide bonds. The summed E-state index contributed by atoms with van der Waals surface area (Å²) in [5, 5.41) is 26.0. The van der Waals surface area contributed by atoms with Crippen LogP contribution in [-0.4, -0.2) is 74.9 Å². The van der Waals surface area contributed by atoms with Crippen molar-refractivity contribution >= 4 is 46.5 Å². The number of nitrogens with two attached hydrogens (primary N) is 2. The van der Waals surface area contributed by atoms with E-state index in [2.05, 4.69) is 20.9 Å². The number of primary amides is 1. The second kappa shape index (κ2) is 13.7. The van der Waals surface area contributed by atoms with E-state index in [-0.39, 0.29) is 25.7 Å². The standard InChI is InChI=1S/C24H32N6O8/c1-12(24(37)38)28-22(35)17(6-8-19(26)31)30-23(36)18(7-9-20(32)33)29-21(34)15(25)10-13-11-27-16-5-3-2-4-14(13)16/h2-5,11-12,15,17-18,27H,6-10,25H2,1H3,(H2,26,31)(H,28,35)(H,29,34)(H,30,36)(H,32,33)(H,37,38). The van der Waals surface area contributed by atoms with Gasteiger partial charge in [-0.2, -0.15) is 0 Å². The molecule has 1 aromatic heterocycles. The highest BCUT2D eigenvalue weighted by Crippen LogP contribution is 2.18. The highest BCUT2D eigenvalue weighted by Gasteiger charge is 2.30. The van der Waals surface area contributed by atoms with E-state index in [1.54, 1.807) is 6.20 Å². The molecule has 0 fully saturated rings. The van der Waals surface area contributed by atoms with Crippen molar-refractivity contribution in [2.24, 2.45) is 11.5 Å². The number of fused-ring (bicyclic) bond motifs is 1. The van der Waals surface area contributed by atoms with E-state index in [4.69, 9.17) is 21.7 Å². The number of hydrogen-bond acceptors (Lipinski definition) is 7. The van der Waals surface area contributed by atoms with Crippen LogP contribution in [0.2, 0.25) is 0 Å². The van der Waals surface area contributed by atoms with Gasteiger partial charge in [-0.3, -0.25) is 28.8 Å². The maximum atomic E-state index is 13.0. The molecule has 14 heteroatoms. The van der Waals surface area contributed by atoms with Crippen molar-refractivity contribution in [2.45, 2.75) is 63.2 Å². The SMILES string of the molecule is CC(NC(=O)C(CCC(N)=O)NC(=O)C(CCC(=O)O)NC(=O)C(N)Cc1c[nH]c2ccccc12)C(=O)O. The van der Waals surface area contributed by atoms with E-state index in [1.165, 1.54) is 6.92 Å². The van der Waals surface area contributed by atoms with Gasteiger partial charge in [0.1, 0.15) is 18.1 Å². The van der Waals surface area contributed by atoms with Crippen molar-refractivity contribution in [1.82, 2.24) is 20.9 Å². The Bertz CT molecular complexity index is 1200. The van der Waals surface area contributed by atoms with E-state index < -0.39 is 66.2 Å². The third-order valence-electron chi connectivity index (χ3n) is 5.77. The Morgan fingerprint density at radius 2 is 1.47 bits per heavy atom. The number of amides is 4. The largest absolute Gasteiger partial charge is 0.481 e. The highest BCUT2D eigenvalue weighted by atomic mass is 16.4. The third kappa shape index (κ3) is 8.89. The molecule has 206 valence electrons. The Labute approximate surface area is 217 Å². The number of rotatable bonds is 15. The monoisotopic (exact) mass is 532 g/mol. The molecular weight excluding hydrogens is 500 g/mol. The van der Waals surface area contributed by atoms with Gasteiger partial charge in [0.15, 0.2) is 0 Å². The fourth-order valence-electron chi connectivity index (χ4n) is 3.65. The topological polar surface area (TPSA) is 247 Å². The number of carboxylic acids is 2. The van der Waals surface area contributed by atoms with Crippen molar-refractivity contribution in [3.05, 3.63) is 36.0 Å². The predicted octanol–water partition coefficient (Wildman–Crippen LogP) is -1.27. The molecule has 38 heavy (non-hydrogen) atoms. The molecule has 1 aromatic carbocycles. The van der Waals surface area contributed by atoms with E-state index in [1.807, 2.05) is 24.3 Å². The Hall–Kier alpha value is -4.46. The molecular formula is C24H32N6O8. The van der Waals surface area contributed by atoms with Crippen LogP contribution in [0.3, 0.4) is 0 Å². The quantitative estimate of drug-likeness (QED) is 0.136. The van der Waals surface area contributed by atoms with E-state index in [0.717, 1.165) is 16.5 Å². The summed E-state index contributed by atoms with van der Waals surface area (Å²) < 4.78 is 0. The molecule has 0 spiro atoms. The van der Waals surface area contributed by atoms with Gasteiger partial charge in [-0.25, -0.2) is 0 Å². The van der Waals surface area contributed by atoms with Gasteiger partial charge < -0.3 is 42.6 Å². The zero-order chi connectivity index (χ0) is 28.4. The maximum absolute atomic E-state index is 13.0. The van der Waals surface area contributed by atoms with Gasteiger partial charge in [0.25, 0.3) is 0 Å². The molecule has 0 bridgehead atoms. The van der Waals surface area contributed by atoms with Gasteiger partial charge in [0, 0.05) is 29.9 Å². The minimum Gasteiger partial charge on any atom is -0.481 e. The van der Waals surface area contributed by atoms with Crippen LogP contribution >= 0.6 is 0 Å². The second-order valence-electron chi connectivity index (χ2n) is 8.80. The molecule has 0 aliphatic carbocycles. The van der Waals surface area contributed by atoms with Gasteiger partial charge in [-0.05, 0) is 37.8 Å². The number of carboxylic acid groups (broad SMARTS) is 2.